The Morgan fingerprint density at radius 3 is 1.60 bits per heavy atom. The molecule has 0 bridgehead atoms. The van der Waals surface area contributed by atoms with Crippen molar-refractivity contribution in [2.45, 2.75) is 91.9 Å². The lowest BCUT2D eigenvalue weighted by Gasteiger charge is -2.21. The van der Waals surface area contributed by atoms with Crippen LogP contribution in [-0.2, 0) is 19.1 Å². The van der Waals surface area contributed by atoms with E-state index in [0.29, 0.717) is 24.0 Å². The Kier molecular flexibility index (Phi) is 12.3. The summed E-state index contributed by atoms with van der Waals surface area (Å²) in [6.07, 6.45) is 10.6. The molecule has 146 valence electrons. The topological polar surface area (TPSA) is 52.6 Å². The van der Waals surface area contributed by atoms with E-state index in [9.17, 15) is 9.59 Å². The quantitative estimate of drug-likeness (QED) is 0.260. The molecular formula is C21H38O4. The molecule has 0 aromatic heterocycles. The molecule has 0 aromatic rings. The van der Waals surface area contributed by atoms with Gasteiger partial charge in [-0.2, -0.15) is 0 Å². The zero-order valence-electron chi connectivity index (χ0n) is 17.2. The molecule has 4 heteroatoms. The first kappa shape index (κ1) is 23.7. The molecule has 0 fully saturated rings. The van der Waals surface area contributed by atoms with E-state index < -0.39 is 11.9 Å². The van der Waals surface area contributed by atoms with E-state index in [4.69, 9.17) is 9.47 Å². The van der Waals surface area contributed by atoms with Crippen molar-refractivity contribution in [3.8, 4) is 0 Å². The number of hydrogen-bond acceptors (Lipinski definition) is 4. The third kappa shape index (κ3) is 11.0. The lowest BCUT2D eigenvalue weighted by atomic mass is 9.85. The zero-order chi connectivity index (χ0) is 19.3. The van der Waals surface area contributed by atoms with Crippen LogP contribution in [0.25, 0.3) is 0 Å². The first-order valence-corrected chi connectivity index (χ1v) is 9.65. The van der Waals surface area contributed by atoms with Crippen LogP contribution in [0, 0.1) is 5.41 Å². The maximum Gasteiger partial charge on any atom is 0.334 e. The van der Waals surface area contributed by atoms with Gasteiger partial charge in [0.15, 0.2) is 0 Å². The van der Waals surface area contributed by atoms with E-state index >= 15 is 0 Å². The number of ether oxygens (including phenoxy) is 2. The van der Waals surface area contributed by atoms with E-state index in [1.165, 1.54) is 52.7 Å². The van der Waals surface area contributed by atoms with E-state index in [2.05, 4.69) is 6.92 Å². The lowest BCUT2D eigenvalue weighted by Crippen LogP contribution is -2.19. The Labute approximate surface area is 154 Å². The van der Waals surface area contributed by atoms with Gasteiger partial charge < -0.3 is 9.47 Å². The fourth-order valence-electron chi connectivity index (χ4n) is 2.89. The number of unbranched alkanes of at least 4 members (excludes halogenated alkanes) is 7. The highest BCUT2D eigenvalue weighted by Crippen LogP contribution is 2.29. The molecule has 0 saturated heterocycles. The van der Waals surface area contributed by atoms with Crippen LogP contribution >= 0.6 is 0 Å². The second kappa shape index (κ2) is 13.0. The first-order valence-electron chi connectivity index (χ1n) is 9.65. The van der Waals surface area contributed by atoms with Crippen LogP contribution in [0.2, 0.25) is 0 Å². The van der Waals surface area contributed by atoms with Gasteiger partial charge in [0.05, 0.1) is 14.2 Å². The molecule has 0 spiro atoms. The molecule has 0 aromatic carbocycles. The van der Waals surface area contributed by atoms with Gasteiger partial charge in [-0.15, -0.1) is 0 Å². The number of methoxy groups -OCH3 is 2. The van der Waals surface area contributed by atoms with Crippen LogP contribution in [0.15, 0.2) is 11.1 Å². The molecule has 0 amide bonds. The normalized spacial score (nSPS) is 12.6. The van der Waals surface area contributed by atoms with Crippen molar-refractivity contribution in [2.24, 2.45) is 5.41 Å². The fraction of sp³-hybridized carbons (Fsp3) is 0.810. The number of carbonyl (C=O) groups excluding carboxylic acids is 2. The predicted molar refractivity (Wildman–Crippen MR) is 102 cm³/mol. The van der Waals surface area contributed by atoms with Crippen molar-refractivity contribution in [1.29, 1.82) is 0 Å². The van der Waals surface area contributed by atoms with Gasteiger partial charge in [-0.3, -0.25) is 0 Å². The number of esters is 2. The SMILES string of the molecule is CCCCCCCCCCC(C(=O)OC)=C(CC(C)(C)C)C(=O)OC. The molecule has 0 unspecified atom stereocenters. The van der Waals surface area contributed by atoms with Gasteiger partial charge in [-0.1, -0.05) is 72.6 Å². The zero-order valence-corrected chi connectivity index (χ0v) is 17.2. The van der Waals surface area contributed by atoms with Crippen LogP contribution in [0.5, 0.6) is 0 Å². The Morgan fingerprint density at radius 2 is 1.16 bits per heavy atom. The highest BCUT2D eigenvalue weighted by atomic mass is 16.5. The average Bonchev–Trinajstić information content (AvgIpc) is 2.56. The Hall–Kier alpha value is -1.32. The molecular weight excluding hydrogens is 316 g/mol. The molecule has 4 nitrogen and oxygen atoms in total. The van der Waals surface area contributed by atoms with Crippen molar-refractivity contribution in [1.82, 2.24) is 0 Å². The summed E-state index contributed by atoms with van der Waals surface area (Å²) in [4.78, 5) is 24.4. The highest BCUT2D eigenvalue weighted by molar-refractivity contribution is 6.00. The van der Waals surface area contributed by atoms with Crippen molar-refractivity contribution >= 4 is 11.9 Å². The summed E-state index contributed by atoms with van der Waals surface area (Å²) in [6.45, 7) is 8.35. The summed E-state index contributed by atoms with van der Waals surface area (Å²) in [5.41, 5.74) is 0.835. The van der Waals surface area contributed by atoms with Gasteiger partial charge >= 0.3 is 11.9 Å². The van der Waals surface area contributed by atoms with Crippen molar-refractivity contribution in [3.05, 3.63) is 11.1 Å². The molecule has 0 saturated carbocycles. The smallest absolute Gasteiger partial charge is 0.334 e. The van der Waals surface area contributed by atoms with Crippen LogP contribution < -0.4 is 0 Å². The second-order valence-corrected chi connectivity index (χ2v) is 7.90. The summed E-state index contributed by atoms with van der Waals surface area (Å²) in [6, 6.07) is 0. The first-order chi connectivity index (χ1) is 11.8. The Balaban J connectivity index is 4.83. The Morgan fingerprint density at radius 1 is 0.720 bits per heavy atom. The minimum Gasteiger partial charge on any atom is -0.466 e. The van der Waals surface area contributed by atoms with Gasteiger partial charge in [0, 0.05) is 11.1 Å². The fourth-order valence-corrected chi connectivity index (χ4v) is 2.89. The maximum absolute atomic E-state index is 12.2. The largest absolute Gasteiger partial charge is 0.466 e. The van der Waals surface area contributed by atoms with Gasteiger partial charge in [0.1, 0.15) is 0 Å². The molecule has 0 aliphatic carbocycles. The summed E-state index contributed by atoms with van der Waals surface area (Å²) < 4.78 is 9.83. The molecule has 0 radical (unpaired) electrons. The van der Waals surface area contributed by atoms with Crippen LogP contribution in [-0.4, -0.2) is 26.2 Å². The standard InChI is InChI=1S/C21H38O4/c1-7-8-9-10-11-12-13-14-15-17(19(22)24-5)18(20(23)25-6)16-21(2,3)4/h7-16H2,1-6H3. The number of carbonyl (C=O) groups is 2. The van der Waals surface area contributed by atoms with Crippen molar-refractivity contribution in [2.75, 3.05) is 14.2 Å². The molecule has 0 heterocycles. The summed E-state index contributed by atoms with van der Waals surface area (Å²) >= 11 is 0. The number of hydrogen-bond donors (Lipinski definition) is 0. The molecule has 0 aliphatic heterocycles. The van der Waals surface area contributed by atoms with Crippen LogP contribution in [0.3, 0.4) is 0 Å². The summed E-state index contributed by atoms with van der Waals surface area (Å²) in [5.74, 6) is -0.831. The summed E-state index contributed by atoms with van der Waals surface area (Å²) in [7, 11) is 2.72. The van der Waals surface area contributed by atoms with Crippen molar-refractivity contribution < 1.29 is 19.1 Å². The lowest BCUT2D eigenvalue weighted by molar-refractivity contribution is -0.139. The van der Waals surface area contributed by atoms with E-state index in [1.807, 2.05) is 20.8 Å². The van der Waals surface area contributed by atoms with Gasteiger partial charge in [-0.25, -0.2) is 9.59 Å². The van der Waals surface area contributed by atoms with Crippen molar-refractivity contribution in [3.63, 3.8) is 0 Å². The molecule has 25 heavy (non-hydrogen) atoms. The third-order valence-corrected chi connectivity index (χ3v) is 4.22. The monoisotopic (exact) mass is 354 g/mol. The minimum atomic E-state index is -0.421. The average molecular weight is 355 g/mol. The van der Waals surface area contributed by atoms with E-state index in [1.54, 1.807) is 0 Å². The molecule has 0 aliphatic rings. The maximum atomic E-state index is 12.2. The highest BCUT2D eigenvalue weighted by Gasteiger charge is 2.26. The van der Waals surface area contributed by atoms with Gasteiger partial charge in [0.2, 0.25) is 0 Å². The molecule has 0 N–H and O–H groups in total. The van der Waals surface area contributed by atoms with Gasteiger partial charge in [-0.05, 0) is 24.7 Å². The number of rotatable bonds is 12. The van der Waals surface area contributed by atoms with E-state index in [-0.39, 0.29) is 5.41 Å². The molecule has 0 atom stereocenters. The summed E-state index contributed by atoms with van der Waals surface area (Å²) in [5, 5.41) is 0. The van der Waals surface area contributed by atoms with E-state index in [0.717, 1.165) is 12.8 Å². The van der Waals surface area contributed by atoms with Gasteiger partial charge in [0.25, 0.3) is 0 Å². The minimum absolute atomic E-state index is 0.109. The molecule has 0 rings (SSSR count). The van der Waals surface area contributed by atoms with Crippen LogP contribution in [0.1, 0.15) is 91.9 Å². The third-order valence-electron chi connectivity index (χ3n) is 4.22. The Bertz CT molecular complexity index is 430. The van der Waals surface area contributed by atoms with Crippen LogP contribution in [0.4, 0.5) is 0 Å². The predicted octanol–water partition coefficient (Wildman–Crippen LogP) is 5.60. The second-order valence-electron chi connectivity index (χ2n) is 7.90.